The van der Waals surface area contributed by atoms with Crippen LogP contribution in [0.5, 0.6) is 11.5 Å². The Kier molecular flexibility index (Phi) is 4.33. The molecule has 2 aromatic carbocycles. The number of aliphatic hydroxyl groups is 1. The number of para-hydroxylation sites is 1. The summed E-state index contributed by atoms with van der Waals surface area (Å²) in [7, 11) is 0. The molecule has 112 valence electrons. The van der Waals surface area contributed by atoms with Gasteiger partial charge in [-0.3, -0.25) is 0 Å². The molecule has 2 rings (SSSR count). The van der Waals surface area contributed by atoms with Crippen molar-refractivity contribution in [1.29, 1.82) is 0 Å². The van der Waals surface area contributed by atoms with Gasteiger partial charge in [0.15, 0.2) is 11.6 Å². The quantitative estimate of drug-likeness (QED) is 0.864. The summed E-state index contributed by atoms with van der Waals surface area (Å²) in [6, 6.07) is 12.2. The van der Waals surface area contributed by atoms with Crippen LogP contribution in [0.3, 0.4) is 0 Å². The second-order valence-corrected chi connectivity index (χ2v) is 6.21. The molecule has 21 heavy (non-hydrogen) atoms. The first kappa shape index (κ1) is 15.5. The van der Waals surface area contributed by atoms with Gasteiger partial charge >= 0.3 is 0 Å². The van der Waals surface area contributed by atoms with Crippen molar-refractivity contribution in [3.8, 4) is 11.5 Å². The number of hydrogen-bond acceptors (Lipinski definition) is 2. The van der Waals surface area contributed by atoms with Gasteiger partial charge < -0.3 is 9.84 Å². The normalized spacial score (nSPS) is 13.0. The Labute approximate surface area is 125 Å². The molecule has 0 fully saturated rings. The van der Waals surface area contributed by atoms with Crippen LogP contribution < -0.4 is 4.74 Å². The molecule has 1 N–H and O–H groups in total. The highest BCUT2D eigenvalue weighted by molar-refractivity contribution is 5.42. The molecule has 0 aliphatic heterocycles. The van der Waals surface area contributed by atoms with Crippen LogP contribution in [0.25, 0.3) is 0 Å². The molecule has 0 aliphatic carbocycles. The molecule has 0 saturated carbocycles. The number of halogens is 1. The van der Waals surface area contributed by atoms with Crippen LogP contribution in [0.1, 0.15) is 44.9 Å². The zero-order chi connectivity index (χ0) is 15.6. The van der Waals surface area contributed by atoms with E-state index in [1.165, 1.54) is 6.07 Å². The van der Waals surface area contributed by atoms with E-state index in [0.29, 0.717) is 11.3 Å². The molecule has 3 heteroatoms. The van der Waals surface area contributed by atoms with Crippen molar-refractivity contribution in [3.05, 3.63) is 59.4 Å². The molecular weight excluding hydrogens is 267 g/mol. The average molecular weight is 288 g/mol. The van der Waals surface area contributed by atoms with Crippen LogP contribution >= 0.6 is 0 Å². The zero-order valence-corrected chi connectivity index (χ0v) is 12.9. The van der Waals surface area contributed by atoms with Crippen molar-refractivity contribution in [2.45, 2.75) is 39.2 Å². The van der Waals surface area contributed by atoms with Crippen LogP contribution in [0.4, 0.5) is 4.39 Å². The summed E-state index contributed by atoms with van der Waals surface area (Å²) in [5.74, 6) is 0.335. The minimum Gasteiger partial charge on any atom is -0.454 e. The van der Waals surface area contributed by atoms with Gasteiger partial charge in [0.05, 0.1) is 6.10 Å². The molecule has 0 bridgehead atoms. The molecule has 0 unspecified atom stereocenters. The van der Waals surface area contributed by atoms with Gasteiger partial charge in [-0.1, -0.05) is 45.0 Å². The first-order valence-electron chi connectivity index (χ1n) is 7.04. The highest BCUT2D eigenvalue weighted by Crippen LogP contribution is 2.35. The molecule has 0 radical (unpaired) electrons. The summed E-state index contributed by atoms with van der Waals surface area (Å²) in [5.41, 5.74) is 1.46. The summed E-state index contributed by atoms with van der Waals surface area (Å²) in [5, 5.41) is 9.47. The lowest BCUT2D eigenvalue weighted by Crippen LogP contribution is -2.12. The van der Waals surface area contributed by atoms with E-state index in [1.54, 1.807) is 19.1 Å². The maximum absolute atomic E-state index is 14.1. The van der Waals surface area contributed by atoms with E-state index in [2.05, 4.69) is 20.8 Å². The smallest absolute Gasteiger partial charge is 0.166 e. The summed E-state index contributed by atoms with van der Waals surface area (Å²) < 4.78 is 19.8. The molecule has 0 aromatic heterocycles. The number of aliphatic hydroxyl groups excluding tert-OH is 1. The molecule has 0 aliphatic rings. The third-order valence-corrected chi connectivity index (χ3v) is 3.35. The van der Waals surface area contributed by atoms with Gasteiger partial charge in [0.1, 0.15) is 5.75 Å². The lowest BCUT2D eigenvalue weighted by Gasteiger charge is -2.22. The number of benzene rings is 2. The van der Waals surface area contributed by atoms with Crippen molar-refractivity contribution < 1.29 is 14.2 Å². The Bertz CT molecular complexity index is 627. The van der Waals surface area contributed by atoms with E-state index in [0.717, 1.165) is 5.56 Å². The van der Waals surface area contributed by atoms with Crippen molar-refractivity contribution >= 4 is 0 Å². The minimum atomic E-state index is -0.699. The summed E-state index contributed by atoms with van der Waals surface area (Å²) in [4.78, 5) is 0. The van der Waals surface area contributed by atoms with Crippen molar-refractivity contribution in [2.24, 2.45) is 0 Å². The van der Waals surface area contributed by atoms with Gasteiger partial charge in [-0.05, 0) is 36.1 Å². The topological polar surface area (TPSA) is 29.5 Å². The third kappa shape index (κ3) is 3.61. The zero-order valence-electron chi connectivity index (χ0n) is 12.9. The Morgan fingerprint density at radius 3 is 2.29 bits per heavy atom. The molecule has 2 aromatic rings. The Hall–Kier alpha value is -1.87. The fourth-order valence-corrected chi connectivity index (χ4v) is 2.15. The third-order valence-electron chi connectivity index (χ3n) is 3.35. The largest absolute Gasteiger partial charge is 0.454 e. The fraction of sp³-hybridized carbons (Fsp3) is 0.333. The molecule has 1 atom stereocenters. The van der Waals surface area contributed by atoms with Crippen LogP contribution in [-0.4, -0.2) is 5.11 Å². The Balaban J connectivity index is 2.35. The van der Waals surface area contributed by atoms with Crippen LogP contribution in [0.15, 0.2) is 42.5 Å². The SMILES string of the molecule is C[C@H](O)c1ccc(Oc2ccccc2C(C)(C)C)c(F)c1. The predicted octanol–water partition coefficient (Wildman–Crippen LogP) is 4.97. The number of hydrogen-bond donors (Lipinski definition) is 1. The van der Waals surface area contributed by atoms with E-state index in [-0.39, 0.29) is 11.2 Å². The highest BCUT2D eigenvalue weighted by atomic mass is 19.1. The molecular formula is C18H21FO2. The number of ether oxygens (including phenoxy) is 1. The van der Waals surface area contributed by atoms with E-state index >= 15 is 0 Å². The van der Waals surface area contributed by atoms with Crippen LogP contribution in [0, 0.1) is 5.82 Å². The van der Waals surface area contributed by atoms with Crippen LogP contribution in [-0.2, 0) is 5.41 Å². The number of rotatable bonds is 3. The van der Waals surface area contributed by atoms with E-state index in [9.17, 15) is 9.50 Å². The van der Waals surface area contributed by atoms with Crippen molar-refractivity contribution in [2.75, 3.05) is 0 Å². The second-order valence-electron chi connectivity index (χ2n) is 6.21. The van der Waals surface area contributed by atoms with Crippen molar-refractivity contribution in [3.63, 3.8) is 0 Å². The Morgan fingerprint density at radius 2 is 1.71 bits per heavy atom. The van der Waals surface area contributed by atoms with E-state index in [1.807, 2.05) is 24.3 Å². The minimum absolute atomic E-state index is 0.0907. The molecule has 0 heterocycles. The molecule has 0 saturated heterocycles. The first-order valence-corrected chi connectivity index (χ1v) is 7.04. The van der Waals surface area contributed by atoms with E-state index in [4.69, 9.17) is 4.74 Å². The lowest BCUT2D eigenvalue weighted by molar-refractivity contribution is 0.198. The Morgan fingerprint density at radius 1 is 1.05 bits per heavy atom. The van der Waals surface area contributed by atoms with Gasteiger partial charge in [-0.25, -0.2) is 4.39 Å². The maximum Gasteiger partial charge on any atom is 0.166 e. The van der Waals surface area contributed by atoms with Gasteiger partial charge in [0.2, 0.25) is 0 Å². The van der Waals surface area contributed by atoms with Gasteiger partial charge in [0.25, 0.3) is 0 Å². The molecule has 0 spiro atoms. The fourth-order valence-electron chi connectivity index (χ4n) is 2.15. The van der Waals surface area contributed by atoms with Gasteiger partial charge in [-0.15, -0.1) is 0 Å². The maximum atomic E-state index is 14.1. The monoisotopic (exact) mass is 288 g/mol. The second kappa shape index (κ2) is 5.86. The van der Waals surface area contributed by atoms with E-state index < -0.39 is 11.9 Å². The predicted molar refractivity (Wildman–Crippen MR) is 82.2 cm³/mol. The highest BCUT2D eigenvalue weighted by Gasteiger charge is 2.19. The standard InChI is InChI=1S/C18H21FO2/c1-12(20)13-9-10-17(15(19)11-13)21-16-8-6-5-7-14(16)18(2,3)4/h5-12,20H,1-4H3/t12-/m0/s1. The van der Waals surface area contributed by atoms with Crippen LogP contribution in [0.2, 0.25) is 0 Å². The average Bonchev–Trinajstić information content (AvgIpc) is 2.40. The van der Waals surface area contributed by atoms with Crippen molar-refractivity contribution in [1.82, 2.24) is 0 Å². The molecule has 0 amide bonds. The first-order chi connectivity index (χ1) is 9.79. The van der Waals surface area contributed by atoms with Gasteiger partial charge in [-0.2, -0.15) is 0 Å². The lowest BCUT2D eigenvalue weighted by atomic mass is 9.86. The summed E-state index contributed by atoms with van der Waals surface area (Å²) in [6.45, 7) is 7.86. The summed E-state index contributed by atoms with van der Waals surface area (Å²) >= 11 is 0. The molecule has 2 nitrogen and oxygen atoms in total. The van der Waals surface area contributed by atoms with Gasteiger partial charge in [0, 0.05) is 5.56 Å². The summed E-state index contributed by atoms with van der Waals surface area (Å²) in [6.07, 6.45) is -0.699.